The van der Waals surface area contributed by atoms with Crippen molar-refractivity contribution in [2.45, 2.75) is 19.6 Å². The fourth-order valence-electron chi connectivity index (χ4n) is 2.06. The van der Waals surface area contributed by atoms with Gasteiger partial charge in [0.05, 0.1) is 14.8 Å². The van der Waals surface area contributed by atoms with E-state index in [-0.39, 0.29) is 5.69 Å². The molecule has 0 fully saturated rings. The molecule has 2 rings (SSSR count). The van der Waals surface area contributed by atoms with E-state index in [2.05, 4.69) is 15.9 Å². The summed E-state index contributed by atoms with van der Waals surface area (Å²) in [5.41, 5.74) is 2.16. The zero-order valence-electron chi connectivity index (χ0n) is 11.6. The molecule has 1 aromatic heterocycles. The van der Waals surface area contributed by atoms with Crippen LogP contribution in [-0.4, -0.2) is 17.1 Å². The maximum Gasteiger partial charge on any atom is 0.292 e. The molecule has 1 N–H and O–H groups in total. The van der Waals surface area contributed by atoms with E-state index in [0.717, 1.165) is 9.35 Å². The summed E-state index contributed by atoms with van der Waals surface area (Å²) in [6.07, 6.45) is -0.726. The lowest BCUT2D eigenvalue weighted by molar-refractivity contribution is -0.384. The van der Waals surface area contributed by atoms with Crippen LogP contribution in [0.5, 0.6) is 0 Å². The second-order valence-electron chi connectivity index (χ2n) is 4.80. The number of aliphatic hydroxyl groups excluding tert-OH is 1. The molecule has 0 saturated carbocycles. The van der Waals surface area contributed by atoms with E-state index in [1.54, 1.807) is 30.4 Å². The van der Waals surface area contributed by atoms with Gasteiger partial charge in [0.2, 0.25) is 0 Å². The standard InChI is InChI=1S/C14H15BrN2O3S/c1-9(18)11-3-4-12(13(6-11)17(19)20)16(2)7-10-5-14(15)21-8-10/h3-6,8-9,18H,7H2,1-2H3/t9-/m0/s1. The molecule has 2 aromatic rings. The molecule has 0 saturated heterocycles. The van der Waals surface area contributed by atoms with Crippen molar-refractivity contribution in [1.82, 2.24) is 0 Å². The predicted octanol–water partition coefficient (Wildman–Crippen LogP) is 4.11. The van der Waals surface area contributed by atoms with Crippen molar-refractivity contribution >= 4 is 38.6 Å². The number of thiophene rings is 1. The van der Waals surface area contributed by atoms with Crippen LogP contribution in [0.2, 0.25) is 0 Å². The van der Waals surface area contributed by atoms with Crippen LogP contribution in [-0.2, 0) is 6.54 Å². The van der Waals surface area contributed by atoms with Crippen LogP contribution >= 0.6 is 27.3 Å². The number of benzene rings is 1. The molecule has 0 unspecified atom stereocenters. The first-order chi connectivity index (χ1) is 9.88. The van der Waals surface area contributed by atoms with Crippen molar-refractivity contribution in [2.75, 3.05) is 11.9 Å². The average molecular weight is 371 g/mol. The Morgan fingerprint density at radius 3 is 2.71 bits per heavy atom. The fraction of sp³-hybridized carbons (Fsp3) is 0.286. The monoisotopic (exact) mass is 370 g/mol. The van der Waals surface area contributed by atoms with Gasteiger partial charge in [-0.15, -0.1) is 11.3 Å². The highest BCUT2D eigenvalue weighted by Gasteiger charge is 2.19. The number of rotatable bonds is 5. The third kappa shape index (κ3) is 3.81. The third-order valence-corrected chi connectivity index (χ3v) is 4.68. The topological polar surface area (TPSA) is 66.6 Å². The number of aliphatic hydroxyl groups is 1. The number of anilines is 1. The Kier molecular flexibility index (Phi) is 4.97. The van der Waals surface area contributed by atoms with Crippen molar-refractivity contribution in [3.8, 4) is 0 Å². The number of nitro benzene ring substituents is 1. The number of halogens is 1. The Hall–Kier alpha value is -1.44. The molecule has 21 heavy (non-hydrogen) atoms. The second-order valence-corrected chi connectivity index (χ2v) is 7.09. The number of nitrogens with zero attached hydrogens (tertiary/aromatic N) is 2. The van der Waals surface area contributed by atoms with Gasteiger partial charge >= 0.3 is 0 Å². The van der Waals surface area contributed by atoms with E-state index in [1.165, 1.54) is 6.07 Å². The molecule has 5 nitrogen and oxygen atoms in total. The maximum absolute atomic E-state index is 11.2. The summed E-state index contributed by atoms with van der Waals surface area (Å²) < 4.78 is 1.03. The van der Waals surface area contributed by atoms with Crippen LogP contribution in [0.1, 0.15) is 24.2 Å². The Balaban J connectivity index is 2.31. The highest BCUT2D eigenvalue weighted by atomic mass is 79.9. The molecule has 0 aliphatic rings. The van der Waals surface area contributed by atoms with Gasteiger partial charge in [0.25, 0.3) is 5.69 Å². The Morgan fingerprint density at radius 1 is 1.48 bits per heavy atom. The smallest absolute Gasteiger partial charge is 0.292 e. The van der Waals surface area contributed by atoms with Gasteiger partial charge in [-0.1, -0.05) is 6.07 Å². The molecule has 0 spiro atoms. The first kappa shape index (κ1) is 15.9. The van der Waals surface area contributed by atoms with Gasteiger partial charge in [-0.25, -0.2) is 0 Å². The summed E-state index contributed by atoms with van der Waals surface area (Å²) in [6, 6.07) is 6.83. The summed E-state index contributed by atoms with van der Waals surface area (Å²) in [7, 11) is 1.82. The van der Waals surface area contributed by atoms with Gasteiger partial charge in [-0.05, 0) is 51.5 Å². The van der Waals surface area contributed by atoms with Crippen molar-refractivity contribution in [1.29, 1.82) is 0 Å². The molecule has 7 heteroatoms. The van der Waals surface area contributed by atoms with Gasteiger partial charge in [0.15, 0.2) is 0 Å². The van der Waals surface area contributed by atoms with E-state index < -0.39 is 11.0 Å². The Bertz CT molecular complexity index is 657. The molecule has 0 bridgehead atoms. The molecule has 0 radical (unpaired) electrons. The molecule has 1 atom stereocenters. The highest BCUT2D eigenvalue weighted by molar-refractivity contribution is 9.11. The van der Waals surface area contributed by atoms with Crippen LogP contribution < -0.4 is 4.90 Å². The van der Waals surface area contributed by atoms with E-state index in [9.17, 15) is 15.2 Å². The number of hydrogen-bond donors (Lipinski definition) is 1. The Morgan fingerprint density at radius 2 is 2.19 bits per heavy atom. The zero-order valence-corrected chi connectivity index (χ0v) is 14.0. The second kappa shape index (κ2) is 6.55. The first-order valence-corrected chi connectivity index (χ1v) is 7.96. The van der Waals surface area contributed by atoms with Gasteiger partial charge in [-0.3, -0.25) is 10.1 Å². The predicted molar refractivity (Wildman–Crippen MR) is 87.9 cm³/mol. The van der Waals surface area contributed by atoms with Crippen LogP contribution in [0.4, 0.5) is 11.4 Å². The molecule has 1 aromatic carbocycles. The lowest BCUT2D eigenvalue weighted by atomic mass is 10.1. The van der Waals surface area contributed by atoms with Gasteiger partial charge in [0, 0.05) is 19.7 Å². The van der Waals surface area contributed by atoms with E-state index in [1.807, 2.05) is 23.4 Å². The van der Waals surface area contributed by atoms with Crippen molar-refractivity contribution in [2.24, 2.45) is 0 Å². The first-order valence-electron chi connectivity index (χ1n) is 6.29. The molecular weight excluding hydrogens is 356 g/mol. The summed E-state index contributed by atoms with van der Waals surface area (Å²) in [6.45, 7) is 2.17. The lowest BCUT2D eigenvalue weighted by Gasteiger charge is -2.19. The van der Waals surface area contributed by atoms with Crippen LogP contribution in [0, 0.1) is 10.1 Å². The van der Waals surface area contributed by atoms with Gasteiger partial charge in [0.1, 0.15) is 5.69 Å². The van der Waals surface area contributed by atoms with Gasteiger partial charge < -0.3 is 10.0 Å². The van der Waals surface area contributed by atoms with E-state index >= 15 is 0 Å². The minimum absolute atomic E-state index is 0.00481. The highest BCUT2D eigenvalue weighted by Crippen LogP contribution is 2.32. The number of hydrogen-bond acceptors (Lipinski definition) is 5. The average Bonchev–Trinajstić information content (AvgIpc) is 2.83. The minimum Gasteiger partial charge on any atom is -0.389 e. The molecule has 0 aliphatic heterocycles. The van der Waals surface area contributed by atoms with Crippen molar-refractivity contribution in [3.63, 3.8) is 0 Å². The van der Waals surface area contributed by atoms with Crippen LogP contribution in [0.3, 0.4) is 0 Å². The van der Waals surface area contributed by atoms with E-state index in [4.69, 9.17) is 0 Å². The largest absolute Gasteiger partial charge is 0.389 e. The minimum atomic E-state index is -0.726. The molecule has 0 aliphatic carbocycles. The van der Waals surface area contributed by atoms with E-state index in [0.29, 0.717) is 17.8 Å². The van der Waals surface area contributed by atoms with Crippen LogP contribution in [0.25, 0.3) is 0 Å². The quantitative estimate of drug-likeness (QED) is 0.635. The Labute approximate surface area is 135 Å². The van der Waals surface area contributed by atoms with Crippen LogP contribution in [0.15, 0.2) is 33.4 Å². The summed E-state index contributed by atoms with van der Waals surface area (Å²) in [4.78, 5) is 12.7. The molecule has 112 valence electrons. The summed E-state index contributed by atoms with van der Waals surface area (Å²) in [5, 5.41) is 22.8. The van der Waals surface area contributed by atoms with Gasteiger partial charge in [-0.2, -0.15) is 0 Å². The maximum atomic E-state index is 11.2. The number of nitro groups is 1. The fourth-order valence-corrected chi connectivity index (χ4v) is 3.26. The lowest BCUT2D eigenvalue weighted by Crippen LogP contribution is -2.17. The molecule has 0 amide bonds. The summed E-state index contributed by atoms with van der Waals surface area (Å²) >= 11 is 4.99. The van der Waals surface area contributed by atoms with Crippen molar-refractivity contribution < 1.29 is 10.0 Å². The zero-order chi connectivity index (χ0) is 15.6. The summed E-state index contributed by atoms with van der Waals surface area (Å²) in [5.74, 6) is 0. The molecular formula is C14H15BrN2O3S. The normalized spacial score (nSPS) is 12.2. The molecule has 1 heterocycles. The SMILES string of the molecule is C[C@H](O)c1ccc(N(C)Cc2csc(Br)c2)c([N+](=O)[O-])c1. The van der Waals surface area contributed by atoms with Crippen molar-refractivity contribution in [3.05, 3.63) is 54.7 Å². The third-order valence-electron chi connectivity index (χ3n) is 3.13.